The zero-order valence-electron chi connectivity index (χ0n) is 14.3. The molecule has 9 heteroatoms. The van der Waals surface area contributed by atoms with Crippen molar-refractivity contribution in [2.75, 3.05) is 29.9 Å². The maximum Gasteiger partial charge on any atom is 0.353 e. The van der Waals surface area contributed by atoms with Gasteiger partial charge in [0.05, 0.1) is 10.8 Å². The summed E-state index contributed by atoms with van der Waals surface area (Å²) in [5, 5.41) is 20.9. The van der Waals surface area contributed by atoms with Gasteiger partial charge in [0.2, 0.25) is 11.6 Å². The lowest BCUT2D eigenvalue weighted by molar-refractivity contribution is -0.383. The van der Waals surface area contributed by atoms with E-state index in [0.717, 1.165) is 5.69 Å². The summed E-state index contributed by atoms with van der Waals surface area (Å²) in [6.45, 7) is 0.812. The SMILES string of the molecule is CN(c1ccccc1)c1ncnc(N2CCC(C(=O)O)CC2)c1[N+](=O)[O-]. The standard InChI is InChI=1S/C17H19N5O4/c1-20(13-5-3-2-4-6-13)15-14(22(25)26)16(19-11-18-15)21-9-7-12(8-10-21)17(23)24/h2-6,11-12H,7-10H2,1H3,(H,23,24). The quantitative estimate of drug-likeness (QED) is 0.641. The van der Waals surface area contributed by atoms with Gasteiger partial charge in [-0.15, -0.1) is 0 Å². The van der Waals surface area contributed by atoms with E-state index in [0.29, 0.717) is 25.9 Å². The molecule has 1 N–H and O–H groups in total. The number of hydrogen-bond donors (Lipinski definition) is 1. The van der Waals surface area contributed by atoms with Gasteiger partial charge in [-0.05, 0) is 25.0 Å². The van der Waals surface area contributed by atoms with Crippen LogP contribution in [0.25, 0.3) is 0 Å². The Morgan fingerprint density at radius 2 is 1.92 bits per heavy atom. The fourth-order valence-corrected chi connectivity index (χ4v) is 3.11. The Bertz CT molecular complexity index is 806. The number of para-hydroxylation sites is 1. The van der Waals surface area contributed by atoms with Crippen molar-refractivity contribution in [2.45, 2.75) is 12.8 Å². The molecule has 0 atom stereocenters. The van der Waals surface area contributed by atoms with Gasteiger partial charge >= 0.3 is 11.7 Å². The van der Waals surface area contributed by atoms with E-state index in [4.69, 9.17) is 5.11 Å². The van der Waals surface area contributed by atoms with Gasteiger partial charge in [0, 0.05) is 25.8 Å². The molecule has 0 saturated carbocycles. The molecule has 1 fully saturated rings. The summed E-state index contributed by atoms with van der Waals surface area (Å²) >= 11 is 0. The molecule has 1 aromatic carbocycles. The van der Waals surface area contributed by atoms with Crippen LogP contribution in [-0.4, -0.2) is 46.1 Å². The van der Waals surface area contributed by atoms with Crippen LogP contribution in [0.4, 0.5) is 23.0 Å². The molecule has 1 aliphatic heterocycles. The molecule has 0 unspecified atom stereocenters. The number of benzene rings is 1. The van der Waals surface area contributed by atoms with Crippen LogP contribution in [0.1, 0.15) is 12.8 Å². The second-order valence-corrected chi connectivity index (χ2v) is 6.12. The molecule has 0 spiro atoms. The first kappa shape index (κ1) is 17.6. The highest BCUT2D eigenvalue weighted by Crippen LogP contribution is 2.37. The van der Waals surface area contributed by atoms with Gasteiger partial charge in [-0.1, -0.05) is 18.2 Å². The average molecular weight is 357 g/mol. The van der Waals surface area contributed by atoms with Crippen molar-refractivity contribution in [3.05, 3.63) is 46.8 Å². The molecule has 136 valence electrons. The molecule has 1 saturated heterocycles. The van der Waals surface area contributed by atoms with E-state index in [2.05, 4.69) is 9.97 Å². The smallest absolute Gasteiger partial charge is 0.353 e. The second kappa shape index (κ2) is 7.34. The summed E-state index contributed by atoms with van der Waals surface area (Å²) in [5.74, 6) is -0.817. The van der Waals surface area contributed by atoms with Crippen molar-refractivity contribution in [1.29, 1.82) is 0 Å². The van der Waals surface area contributed by atoms with Gasteiger partial charge in [0.25, 0.3) is 0 Å². The minimum atomic E-state index is -0.827. The van der Waals surface area contributed by atoms with Crippen molar-refractivity contribution in [2.24, 2.45) is 5.92 Å². The lowest BCUT2D eigenvalue weighted by Crippen LogP contribution is -2.37. The number of nitro groups is 1. The summed E-state index contributed by atoms with van der Waals surface area (Å²) in [4.78, 5) is 34.1. The molecule has 1 aliphatic rings. The highest BCUT2D eigenvalue weighted by Gasteiger charge is 2.32. The molecule has 26 heavy (non-hydrogen) atoms. The third-order valence-electron chi connectivity index (χ3n) is 4.57. The molecule has 2 aromatic rings. The number of carboxylic acids is 1. The topological polar surface area (TPSA) is 113 Å². The maximum atomic E-state index is 11.8. The fourth-order valence-electron chi connectivity index (χ4n) is 3.11. The summed E-state index contributed by atoms with van der Waals surface area (Å²) < 4.78 is 0. The lowest BCUT2D eigenvalue weighted by Gasteiger charge is -2.31. The van der Waals surface area contributed by atoms with Crippen LogP contribution in [0.5, 0.6) is 0 Å². The monoisotopic (exact) mass is 357 g/mol. The van der Waals surface area contributed by atoms with Crippen LogP contribution < -0.4 is 9.80 Å². The van der Waals surface area contributed by atoms with Gasteiger partial charge in [0.15, 0.2) is 0 Å². The average Bonchev–Trinajstić information content (AvgIpc) is 2.67. The normalized spacial score (nSPS) is 14.9. The zero-order valence-corrected chi connectivity index (χ0v) is 14.3. The fraction of sp³-hybridized carbons (Fsp3) is 0.353. The second-order valence-electron chi connectivity index (χ2n) is 6.12. The van der Waals surface area contributed by atoms with Crippen molar-refractivity contribution < 1.29 is 14.8 Å². The van der Waals surface area contributed by atoms with Crippen molar-refractivity contribution in [3.8, 4) is 0 Å². The molecular weight excluding hydrogens is 338 g/mol. The number of carboxylic acid groups (broad SMARTS) is 1. The van der Waals surface area contributed by atoms with E-state index < -0.39 is 16.8 Å². The number of nitrogens with zero attached hydrogens (tertiary/aromatic N) is 5. The van der Waals surface area contributed by atoms with Gasteiger partial charge in [0.1, 0.15) is 6.33 Å². The number of aliphatic carboxylic acids is 1. The minimum absolute atomic E-state index is 0.173. The summed E-state index contributed by atoms with van der Waals surface area (Å²) in [6.07, 6.45) is 2.17. The third-order valence-corrected chi connectivity index (χ3v) is 4.57. The van der Waals surface area contributed by atoms with Crippen molar-refractivity contribution in [3.63, 3.8) is 0 Å². The highest BCUT2D eigenvalue weighted by atomic mass is 16.6. The Hall–Kier alpha value is -3.23. The molecule has 0 bridgehead atoms. The molecular formula is C17H19N5O4. The molecule has 0 aliphatic carbocycles. The molecule has 9 nitrogen and oxygen atoms in total. The summed E-state index contributed by atoms with van der Waals surface area (Å²) in [5.41, 5.74) is 0.595. The van der Waals surface area contributed by atoms with E-state index in [9.17, 15) is 14.9 Å². The first-order valence-electron chi connectivity index (χ1n) is 8.25. The van der Waals surface area contributed by atoms with E-state index in [-0.39, 0.29) is 17.3 Å². The van der Waals surface area contributed by atoms with Crippen molar-refractivity contribution in [1.82, 2.24) is 9.97 Å². The maximum absolute atomic E-state index is 11.8. The number of rotatable bonds is 5. The molecule has 0 radical (unpaired) electrons. The number of carbonyl (C=O) groups is 1. The van der Waals surface area contributed by atoms with Crippen molar-refractivity contribution >= 4 is 29.0 Å². The van der Waals surface area contributed by atoms with E-state index in [1.807, 2.05) is 30.3 Å². The zero-order chi connectivity index (χ0) is 18.7. The van der Waals surface area contributed by atoms with Crippen LogP contribution in [0.15, 0.2) is 36.7 Å². The Balaban J connectivity index is 1.95. The third kappa shape index (κ3) is 3.41. The first-order valence-corrected chi connectivity index (χ1v) is 8.25. The largest absolute Gasteiger partial charge is 0.481 e. The van der Waals surface area contributed by atoms with Crippen LogP contribution in [-0.2, 0) is 4.79 Å². The Morgan fingerprint density at radius 3 is 2.50 bits per heavy atom. The molecule has 1 aromatic heterocycles. The predicted molar refractivity (Wildman–Crippen MR) is 95.8 cm³/mol. The Kier molecular flexibility index (Phi) is 4.97. The van der Waals surface area contributed by atoms with E-state index in [1.54, 1.807) is 16.8 Å². The van der Waals surface area contributed by atoms with E-state index in [1.165, 1.54) is 6.33 Å². The van der Waals surface area contributed by atoms with E-state index >= 15 is 0 Å². The van der Waals surface area contributed by atoms with Crippen LogP contribution in [0, 0.1) is 16.0 Å². The summed E-state index contributed by atoms with van der Waals surface area (Å²) in [7, 11) is 1.71. The van der Waals surface area contributed by atoms with Gasteiger partial charge in [-0.25, -0.2) is 9.97 Å². The molecule has 3 rings (SSSR count). The van der Waals surface area contributed by atoms with Crippen LogP contribution in [0.2, 0.25) is 0 Å². The number of hydrogen-bond acceptors (Lipinski definition) is 7. The van der Waals surface area contributed by atoms with Gasteiger partial charge in [-0.2, -0.15) is 0 Å². The Labute approximate surface area is 150 Å². The first-order chi connectivity index (χ1) is 12.5. The minimum Gasteiger partial charge on any atom is -0.481 e. The van der Waals surface area contributed by atoms with Gasteiger partial charge < -0.3 is 14.9 Å². The van der Waals surface area contributed by atoms with Crippen LogP contribution in [0.3, 0.4) is 0 Å². The molecule has 2 heterocycles. The number of aromatic nitrogens is 2. The number of anilines is 3. The molecule has 0 amide bonds. The predicted octanol–water partition coefficient (Wildman–Crippen LogP) is 2.45. The van der Waals surface area contributed by atoms with Crippen LogP contribution >= 0.6 is 0 Å². The highest BCUT2D eigenvalue weighted by molar-refractivity contribution is 5.76. The lowest BCUT2D eigenvalue weighted by atomic mass is 9.97. The summed E-state index contributed by atoms with van der Waals surface area (Å²) in [6, 6.07) is 9.23. The van der Waals surface area contributed by atoms with Gasteiger partial charge in [-0.3, -0.25) is 14.9 Å². The number of piperidine rings is 1. The Morgan fingerprint density at radius 1 is 1.27 bits per heavy atom.